The highest BCUT2D eigenvalue weighted by molar-refractivity contribution is 6.35. The van der Waals surface area contributed by atoms with Crippen molar-refractivity contribution in [3.05, 3.63) is 45.9 Å². The number of hydrogen-bond acceptors (Lipinski definition) is 6. The molecule has 7 heteroatoms. The van der Waals surface area contributed by atoms with E-state index < -0.39 is 5.97 Å². The molecule has 0 amide bonds. The van der Waals surface area contributed by atoms with Crippen LogP contribution in [0.3, 0.4) is 0 Å². The van der Waals surface area contributed by atoms with Crippen LogP contribution in [0.25, 0.3) is 0 Å². The highest BCUT2D eigenvalue weighted by Crippen LogP contribution is 2.40. The van der Waals surface area contributed by atoms with Gasteiger partial charge in [0.2, 0.25) is 0 Å². The number of benzene rings is 1. The maximum atomic E-state index is 12.1. The maximum Gasteiger partial charge on any atom is 0.358 e. The van der Waals surface area contributed by atoms with Crippen molar-refractivity contribution < 1.29 is 14.3 Å². The molecule has 0 saturated heterocycles. The van der Waals surface area contributed by atoms with Gasteiger partial charge in [0.05, 0.1) is 14.2 Å². The van der Waals surface area contributed by atoms with Crippen LogP contribution in [-0.4, -0.2) is 37.2 Å². The summed E-state index contributed by atoms with van der Waals surface area (Å²) in [6.45, 7) is 2.59. The lowest BCUT2D eigenvalue weighted by Gasteiger charge is -2.21. The number of esters is 1. The van der Waals surface area contributed by atoms with E-state index in [1.807, 2.05) is 31.0 Å². The first kappa shape index (κ1) is 18.5. The van der Waals surface area contributed by atoms with E-state index in [9.17, 15) is 4.79 Å². The van der Waals surface area contributed by atoms with Gasteiger partial charge in [-0.25, -0.2) is 14.8 Å². The van der Waals surface area contributed by atoms with Gasteiger partial charge in [0.15, 0.2) is 11.5 Å². The molecule has 1 saturated carbocycles. The van der Waals surface area contributed by atoms with Gasteiger partial charge >= 0.3 is 5.97 Å². The first-order chi connectivity index (χ1) is 12.4. The van der Waals surface area contributed by atoms with Crippen LogP contribution >= 0.6 is 11.6 Å². The summed E-state index contributed by atoms with van der Waals surface area (Å²) in [5.41, 5.74) is 2.29. The molecule has 1 heterocycles. The number of aromatic nitrogens is 2. The Bertz CT molecular complexity index is 837. The average molecular weight is 376 g/mol. The fourth-order valence-corrected chi connectivity index (χ4v) is 3.15. The zero-order chi connectivity index (χ0) is 18.8. The van der Waals surface area contributed by atoms with Crippen molar-refractivity contribution >= 4 is 23.4 Å². The van der Waals surface area contributed by atoms with E-state index >= 15 is 0 Å². The van der Waals surface area contributed by atoms with Gasteiger partial charge in [0, 0.05) is 19.5 Å². The van der Waals surface area contributed by atoms with Crippen molar-refractivity contribution in [3.63, 3.8) is 0 Å². The molecule has 6 nitrogen and oxygen atoms in total. The fourth-order valence-electron chi connectivity index (χ4n) is 2.84. The van der Waals surface area contributed by atoms with Crippen molar-refractivity contribution in [2.75, 3.05) is 26.2 Å². The monoisotopic (exact) mass is 375 g/mol. The molecule has 1 aliphatic carbocycles. The Morgan fingerprint density at radius 3 is 2.62 bits per heavy atom. The molecular formula is C19H22ClN3O3. The Morgan fingerprint density at radius 2 is 2.00 bits per heavy atom. The van der Waals surface area contributed by atoms with E-state index in [2.05, 4.69) is 16.0 Å². The summed E-state index contributed by atoms with van der Waals surface area (Å²) in [5, 5.41) is 0.211. The molecule has 2 aromatic rings. The summed E-state index contributed by atoms with van der Waals surface area (Å²) in [5.74, 6) is 1.73. The third-order valence-electron chi connectivity index (χ3n) is 4.30. The van der Waals surface area contributed by atoms with Gasteiger partial charge in [0.1, 0.15) is 16.6 Å². The lowest BCUT2D eigenvalue weighted by Crippen LogP contribution is -2.21. The Kier molecular flexibility index (Phi) is 5.32. The van der Waals surface area contributed by atoms with Crippen molar-refractivity contribution in [1.82, 2.24) is 9.97 Å². The topological polar surface area (TPSA) is 64.5 Å². The smallest absolute Gasteiger partial charge is 0.358 e. The molecule has 0 atom stereocenters. The van der Waals surface area contributed by atoms with Crippen LogP contribution in [0.4, 0.5) is 5.82 Å². The molecule has 0 spiro atoms. The van der Waals surface area contributed by atoms with Crippen LogP contribution < -0.4 is 9.64 Å². The Balaban J connectivity index is 1.95. The number of rotatable bonds is 6. The summed E-state index contributed by atoms with van der Waals surface area (Å²) in [4.78, 5) is 22.9. The normalized spacial score (nSPS) is 13.4. The van der Waals surface area contributed by atoms with Crippen molar-refractivity contribution in [1.29, 1.82) is 0 Å². The van der Waals surface area contributed by atoms with Gasteiger partial charge in [-0.1, -0.05) is 17.7 Å². The average Bonchev–Trinajstić information content (AvgIpc) is 3.45. The molecular weight excluding hydrogens is 354 g/mol. The first-order valence-electron chi connectivity index (χ1n) is 8.44. The molecule has 1 aromatic heterocycles. The maximum absolute atomic E-state index is 12.1. The second kappa shape index (κ2) is 7.50. The SMILES string of the molecule is COC(=O)c1nc(C2CC2)nc(N(C)Cc2cc(C)cc(OC)c2)c1Cl. The van der Waals surface area contributed by atoms with Crippen LogP contribution in [0.5, 0.6) is 5.75 Å². The largest absolute Gasteiger partial charge is 0.497 e. The summed E-state index contributed by atoms with van der Waals surface area (Å²) in [6, 6.07) is 6.03. The standard InChI is InChI=1S/C19H22ClN3O3/c1-11-7-12(9-14(8-11)25-3)10-23(2)18-15(20)16(19(24)26-4)21-17(22-18)13-5-6-13/h7-9,13H,5-6,10H2,1-4H3. The number of carbonyl (C=O) groups excluding carboxylic acids is 1. The van der Waals surface area contributed by atoms with Crippen LogP contribution in [0.15, 0.2) is 18.2 Å². The van der Waals surface area contributed by atoms with E-state index in [-0.39, 0.29) is 10.7 Å². The molecule has 0 bridgehead atoms. The number of nitrogens with zero attached hydrogens (tertiary/aromatic N) is 3. The summed E-state index contributed by atoms with van der Waals surface area (Å²) >= 11 is 6.44. The number of halogens is 1. The number of hydrogen-bond donors (Lipinski definition) is 0. The minimum absolute atomic E-state index is 0.120. The molecule has 1 fully saturated rings. The van der Waals surface area contributed by atoms with Gasteiger partial charge in [-0.05, 0) is 43.0 Å². The molecule has 3 rings (SSSR count). The number of aryl methyl sites for hydroxylation is 1. The fraction of sp³-hybridized carbons (Fsp3) is 0.421. The molecule has 26 heavy (non-hydrogen) atoms. The van der Waals surface area contributed by atoms with Crippen molar-refractivity contribution in [3.8, 4) is 5.75 Å². The zero-order valence-electron chi connectivity index (χ0n) is 15.4. The van der Waals surface area contributed by atoms with E-state index in [1.165, 1.54) is 7.11 Å². The Morgan fingerprint density at radius 1 is 1.27 bits per heavy atom. The lowest BCUT2D eigenvalue weighted by molar-refractivity contribution is 0.0593. The van der Waals surface area contributed by atoms with Gasteiger partial charge in [-0.2, -0.15) is 0 Å². The third-order valence-corrected chi connectivity index (χ3v) is 4.65. The third kappa shape index (κ3) is 3.90. The number of carbonyl (C=O) groups is 1. The van der Waals surface area contributed by atoms with Gasteiger partial charge in [-0.15, -0.1) is 0 Å². The highest BCUT2D eigenvalue weighted by Gasteiger charge is 2.30. The minimum Gasteiger partial charge on any atom is -0.497 e. The Hall–Kier alpha value is -2.34. The molecule has 0 unspecified atom stereocenters. The van der Waals surface area contributed by atoms with Crippen LogP contribution in [0, 0.1) is 6.92 Å². The molecule has 0 radical (unpaired) electrons. The summed E-state index contributed by atoms with van der Waals surface area (Å²) in [6.07, 6.45) is 2.06. The molecule has 1 aliphatic rings. The molecule has 0 aliphatic heterocycles. The van der Waals surface area contributed by atoms with Crippen molar-refractivity contribution in [2.24, 2.45) is 0 Å². The van der Waals surface area contributed by atoms with Gasteiger partial charge < -0.3 is 14.4 Å². The lowest BCUT2D eigenvalue weighted by atomic mass is 10.1. The molecule has 138 valence electrons. The van der Waals surface area contributed by atoms with E-state index in [0.717, 1.165) is 29.7 Å². The Labute approximate surface area is 158 Å². The number of anilines is 1. The molecule has 0 N–H and O–H groups in total. The quantitative estimate of drug-likeness (QED) is 0.716. The predicted octanol–water partition coefficient (Wildman–Crippen LogP) is 3.75. The second-order valence-corrected chi connectivity index (χ2v) is 6.93. The van der Waals surface area contributed by atoms with Crippen LogP contribution in [0.1, 0.15) is 46.2 Å². The van der Waals surface area contributed by atoms with Crippen LogP contribution in [-0.2, 0) is 11.3 Å². The molecule has 1 aromatic carbocycles. The van der Waals surface area contributed by atoms with Gasteiger partial charge in [-0.3, -0.25) is 0 Å². The zero-order valence-corrected chi connectivity index (χ0v) is 16.1. The second-order valence-electron chi connectivity index (χ2n) is 6.55. The van der Waals surface area contributed by atoms with Crippen LogP contribution in [0.2, 0.25) is 5.02 Å². The van der Waals surface area contributed by atoms with Crippen molar-refractivity contribution in [2.45, 2.75) is 32.2 Å². The van der Waals surface area contributed by atoms with E-state index in [0.29, 0.717) is 24.1 Å². The van der Waals surface area contributed by atoms with E-state index in [4.69, 9.17) is 21.1 Å². The summed E-state index contributed by atoms with van der Waals surface area (Å²) in [7, 11) is 4.86. The number of ether oxygens (including phenoxy) is 2. The van der Waals surface area contributed by atoms with Gasteiger partial charge in [0.25, 0.3) is 0 Å². The first-order valence-corrected chi connectivity index (χ1v) is 8.82. The van der Waals surface area contributed by atoms with E-state index in [1.54, 1.807) is 7.11 Å². The summed E-state index contributed by atoms with van der Waals surface area (Å²) < 4.78 is 10.2. The minimum atomic E-state index is -0.550. The highest BCUT2D eigenvalue weighted by atomic mass is 35.5. The number of methoxy groups -OCH3 is 2. The predicted molar refractivity (Wildman–Crippen MR) is 100 cm³/mol.